The van der Waals surface area contributed by atoms with Crippen LogP contribution in [0.15, 0.2) is 47.4 Å². The predicted octanol–water partition coefficient (Wildman–Crippen LogP) is 2.88. The molecular weight excluding hydrogens is 305 g/mol. The van der Waals surface area contributed by atoms with Gasteiger partial charge in [0.15, 0.2) is 0 Å². The highest BCUT2D eigenvalue weighted by Crippen LogP contribution is 2.25. The average Bonchev–Trinajstić information content (AvgIpc) is 2.53. The molecule has 118 valence electrons. The Morgan fingerprint density at radius 3 is 2.32 bits per heavy atom. The van der Waals surface area contributed by atoms with Crippen molar-refractivity contribution in [2.24, 2.45) is 0 Å². The lowest BCUT2D eigenvalue weighted by Crippen LogP contribution is -2.24. The van der Waals surface area contributed by atoms with Crippen molar-refractivity contribution in [2.75, 3.05) is 7.11 Å². The minimum absolute atomic E-state index is 0.0854. The number of hydrogen-bond donors (Lipinski definition) is 1. The molecular formula is C16H18FNO3S. The number of hydrogen-bond acceptors (Lipinski definition) is 3. The van der Waals surface area contributed by atoms with Gasteiger partial charge in [-0.05, 0) is 41.8 Å². The van der Waals surface area contributed by atoms with Gasteiger partial charge in [0.25, 0.3) is 0 Å². The lowest BCUT2D eigenvalue weighted by atomic mass is 10.2. The van der Waals surface area contributed by atoms with E-state index in [2.05, 4.69) is 4.72 Å². The number of methoxy groups -OCH3 is 1. The summed E-state index contributed by atoms with van der Waals surface area (Å²) in [6.45, 7) is 2.03. The van der Waals surface area contributed by atoms with Crippen molar-refractivity contribution in [2.45, 2.75) is 24.8 Å². The average molecular weight is 323 g/mol. The summed E-state index contributed by atoms with van der Waals surface area (Å²) in [5.74, 6) is -0.0623. The molecule has 0 amide bonds. The van der Waals surface area contributed by atoms with E-state index in [1.54, 1.807) is 12.1 Å². The second-order valence-corrected chi connectivity index (χ2v) is 6.53. The zero-order valence-corrected chi connectivity index (χ0v) is 13.3. The van der Waals surface area contributed by atoms with Crippen LogP contribution in [0.5, 0.6) is 5.75 Å². The van der Waals surface area contributed by atoms with Crippen LogP contribution >= 0.6 is 0 Å². The zero-order valence-electron chi connectivity index (χ0n) is 12.5. The van der Waals surface area contributed by atoms with Crippen LogP contribution in [0.2, 0.25) is 0 Å². The third kappa shape index (κ3) is 3.84. The number of halogens is 1. The van der Waals surface area contributed by atoms with Crippen LogP contribution < -0.4 is 9.46 Å². The smallest absolute Gasteiger partial charge is 0.244 e. The highest BCUT2D eigenvalue weighted by atomic mass is 32.2. The summed E-state index contributed by atoms with van der Waals surface area (Å²) in [5, 5.41) is 0. The summed E-state index contributed by atoms with van der Waals surface area (Å²) >= 11 is 0. The Bertz CT molecular complexity index is 742. The van der Waals surface area contributed by atoms with Crippen LogP contribution in [-0.2, 0) is 23.0 Å². The minimum atomic E-state index is -3.71. The normalized spacial score (nSPS) is 11.4. The number of nitrogens with one attached hydrogen (secondary N) is 1. The molecule has 2 aromatic carbocycles. The van der Waals surface area contributed by atoms with E-state index in [4.69, 9.17) is 4.74 Å². The van der Waals surface area contributed by atoms with E-state index in [-0.39, 0.29) is 17.3 Å². The van der Waals surface area contributed by atoms with E-state index in [1.807, 2.05) is 13.0 Å². The molecule has 0 heterocycles. The fourth-order valence-electron chi connectivity index (χ4n) is 2.01. The van der Waals surface area contributed by atoms with Crippen molar-refractivity contribution in [3.8, 4) is 5.75 Å². The Balaban J connectivity index is 2.24. The molecule has 0 radical (unpaired) electrons. The molecule has 0 unspecified atom stereocenters. The summed E-state index contributed by atoms with van der Waals surface area (Å²) in [6, 6.07) is 10.7. The molecule has 4 nitrogen and oxygen atoms in total. The van der Waals surface area contributed by atoms with Gasteiger partial charge in [-0.15, -0.1) is 0 Å². The third-order valence-electron chi connectivity index (χ3n) is 3.31. The molecule has 6 heteroatoms. The van der Waals surface area contributed by atoms with Crippen LogP contribution in [-0.4, -0.2) is 15.5 Å². The van der Waals surface area contributed by atoms with E-state index in [0.29, 0.717) is 11.3 Å². The summed E-state index contributed by atoms with van der Waals surface area (Å²) in [5.41, 5.74) is 1.58. The van der Waals surface area contributed by atoms with Gasteiger partial charge in [-0.25, -0.2) is 17.5 Å². The molecule has 0 fully saturated rings. The van der Waals surface area contributed by atoms with Crippen LogP contribution in [0.25, 0.3) is 0 Å². The van der Waals surface area contributed by atoms with Crippen molar-refractivity contribution < 1.29 is 17.5 Å². The Labute approximate surface area is 130 Å². The molecule has 1 N–H and O–H groups in total. The van der Waals surface area contributed by atoms with Gasteiger partial charge in [0.05, 0.1) is 7.11 Å². The van der Waals surface area contributed by atoms with Gasteiger partial charge in [0, 0.05) is 6.54 Å². The first-order valence-corrected chi connectivity index (χ1v) is 8.35. The van der Waals surface area contributed by atoms with Gasteiger partial charge in [-0.2, -0.15) is 0 Å². The van der Waals surface area contributed by atoms with Crippen LogP contribution in [0.4, 0.5) is 4.39 Å². The number of ether oxygens (including phenoxy) is 1. The topological polar surface area (TPSA) is 55.4 Å². The Hall–Kier alpha value is -1.92. The van der Waals surface area contributed by atoms with E-state index >= 15 is 0 Å². The fraction of sp³-hybridized carbons (Fsp3) is 0.250. The molecule has 0 aliphatic carbocycles. The number of aryl methyl sites for hydroxylation is 1. The molecule has 0 aliphatic rings. The minimum Gasteiger partial charge on any atom is -0.495 e. The molecule has 0 atom stereocenters. The third-order valence-corrected chi connectivity index (χ3v) is 4.73. The van der Waals surface area contributed by atoms with Crippen molar-refractivity contribution in [3.63, 3.8) is 0 Å². The van der Waals surface area contributed by atoms with E-state index in [1.165, 1.54) is 31.4 Å². The second-order valence-electron chi connectivity index (χ2n) is 4.79. The lowest BCUT2D eigenvalue weighted by Gasteiger charge is -2.12. The first kappa shape index (κ1) is 16.5. The quantitative estimate of drug-likeness (QED) is 0.889. The Kier molecular flexibility index (Phi) is 5.15. The SMILES string of the molecule is CCc1ccc(OC)c(S(=O)(=O)NCc2ccc(F)cc2)c1. The van der Waals surface area contributed by atoms with Crippen molar-refractivity contribution >= 4 is 10.0 Å². The molecule has 0 saturated heterocycles. The monoisotopic (exact) mass is 323 g/mol. The Morgan fingerprint density at radius 1 is 1.09 bits per heavy atom. The molecule has 2 aromatic rings. The van der Waals surface area contributed by atoms with Gasteiger partial charge >= 0.3 is 0 Å². The van der Waals surface area contributed by atoms with Gasteiger partial charge in [0.1, 0.15) is 16.5 Å². The van der Waals surface area contributed by atoms with Crippen molar-refractivity contribution in [3.05, 3.63) is 59.4 Å². The van der Waals surface area contributed by atoms with Gasteiger partial charge in [-0.1, -0.05) is 25.1 Å². The van der Waals surface area contributed by atoms with E-state index in [0.717, 1.165) is 12.0 Å². The standard InChI is InChI=1S/C16H18FNO3S/c1-3-12-6-9-15(21-2)16(10-12)22(19,20)18-11-13-4-7-14(17)8-5-13/h4-10,18H,3,11H2,1-2H3. The first-order valence-electron chi connectivity index (χ1n) is 6.87. The second kappa shape index (κ2) is 6.89. The summed E-state index contributed by atoms with van der Waals surface area (Å²) in [7, 11) is -2.28. The number of sulfonamides is 1. The van der Waals surface area contributed by atoms with Crippen molar-refractivity contribution in [1.29, 1.82) is 0 Å². The zero-order chi connectivity index (χ0) is 16.2. The fourth-order valence-corrected chi connectivity index (χ4v) is 3.24. The largest absolute Gasteiger partial charge is 0.495 e. The summed E-state index contributed by atoms with van der Waals surface area (Å²) in [4.78, 5) is 0.108. The Morgan fingerprint density at radius 2 is 1.73 bits per heavy atom. The molecule has 0 bridgehead atoms. The number of rotatable bonds is 6. The maximum atomic E-state index is 12.9. The highest BCUT2D eigenvalue weighted by molar-refractivity contribution is 7.89. The maximum Gasteiger partial charge on any atom is 0.244 e. The van der Waals surface area contributed by atoms with Gasteiger partial charge in [0.2, 0.25) is 10.0 Å². The lowest BCUT2D eigenvalue weighted by molar-refractivity contribution is 0.402. The van der Waals surface area contributed by atoms with Crippen LogP contribution in [0.3, 0.4) is 0 Å². The molecule has 0 aliphatic heterocycles. The molecule has 0 spiro atoms. The van der Waals surface area contributed by atoms with E-state index < -0.39 is 10.0 Å². The summed E-state index contributed by atoms with van der Waals surface area (Å²) in [6.07, 6.45) is 0.727. The molecule has 2 rings (SSSR count). The molecule has 22 heavy (non-hydrogen) atoms. The van der Waals surface area contributed by atoms with Crippen LogP contribution in [0.1, 0.15) is 18.1 Å². The molecule has 0 saturated carbocycles. The number of benzene rings is 2. The highest BCUT2D eigenvalue weighted by Gasteiger charge is 2.19. The van der Waals surface area contributed by atoms with Gasteiger partial charge in [-0.3, -0.25) is 0 Å². The maximum absolute atomic E-state index is 12.9. The van der Waals surface area contributed by atoms with Gasteiger partial charge < -0.3 is 4.74 Å². The summed E-state index contributed by atoms with van der Waals surface area (Å²) < 4.78 is 45.4. The first-order chi connectivity index (χ1) is 10.5. The van der Waals surface area contributed by atoms with Crippen LogP contribution in [0, 0.1) is 5.82 Å². The van der Waals surface area contributed by atoms with E-state index in [9.17, 15) is 12.8 Å². The predicted molar refractivity (Wildman–Crippen MR) is 82.8 cm³/mol. The van der Waals surface area contributed by atoms with Crippen molar-refractivity contribution in [1.82, 2.24) is 4.72 Å². The molecule has 0 aromatic heterocycles.